The second-order valence-corrected chi connectivity index (χ2v) is 5.46. The number of nitrogens with two attached hydrogens (primary N) is 1. The maximum absolute atomic E-state index is 6.25. The van der Waals surface area contributed by atoms with E-state index >= 15 is 0 Å². The number of benzene rings is 1. The molecular formula is C16H26N2. The molecule has 18 heavy (non-hydrogen) atoms. The van der Waals surface area contributed by atoms with E-state index in [-0.39, 0.29) is 6.04 Å². The highest BCUT2D eigenvalue weighted by molar-refractivity contribution is 5.55. The Kier molecular flexibility index (Phi) is 4.65. The van der Waals surface area contributed by atoms with Crippen LogP contribution in [0.3, 0.4) is 0 Å². The van der Waals surface area contributed by atoms with E-state index in [9.17, 15) is 0 Å². The molecule has 2 rings (SSSR count). The van der Waals surface area contributed by atoms with Crippen LogP contribution in [0.1, 0.15) is 51.1 Å². The normalized spacial score (nSPS) is 16.6. The third-order valence-corrected chi connectivity index (χ3v) is 3.79. The van der Waals surface area contributed by atoms with E-state index in [1.54, 1.807) is 0 Å². The number of para-hydroxylation sites is 1. The first-order valence-corrected chi connectivity index (χ1v) is 7.35. The average Bonchev–Trinajstić information content (AvgIpc) is 3.21. The van der Waals surface area contributed by atoms with Crippen molar-refractivity contribution < 1.29 is 0 Å². The second-order valence-electron chi connectivity index (χ2n) is 5.46. The molecule has 100 valence electrons. The molecule has 0 radical (unpaired) electrons. The zero-order valence-electron chi connectivity index (χ0n) is 11.7. The van der Waals surface area contributed by atoms with Gasteiger partial charge < -0.3 is 10.6 Å². The van der Waals surface area contributed by atoms with E-state index in [0.29, 0.717) is 0 Å². The Morgan fingerprint density at radius 2 is 2.00 bits per heavy atom. The maximum Gasteiger partial charge on any atom is 0.0414 e. The third kappa shape index (κ3) is 3.26. The van der Waals surface area contributed by atoms with Gasteiger partial charge in [-0.2, -0.15) is 0 Å². The zero-order valence-corrected chi connectivity index (χ0v) is 11.7. The molecule has 0 amide bonds. The van der Waals surface area contributed by atoms with Gasteiger partial charge in [-0.15, -0.1) is 0 Å². The standard InChI is InChI=1S/C16H26N2/c1-3-11-18(12-13-9-10-13)16-8-6-5-7-14(16)15(17)4-2/h5-8,13,15H,3-4,9-12,17H2,1-2H3/t15-/m1/s1. The Hall–Kier alpha value is -1.02. The predicted molar refractivity (Wildman–Crippen MR) is 78.9 cm³/mol. The molecule has 2 nitrogen and oxygen atoms in total. The van der Waals surface area contributed by atoms with Crippen LogP contribution in [0, 0.1) is 5.92 Å². The Labute approximate surface area is 111 Å². The molecule has 2 heteroatoms. The number of hydrogen-bond acceptors (Lipinski definition) is 2. The van der Waals surface area contributed by atoms with E-state index in [4.69, 9.17) is 5.73 Å². The van der Waals surface area contributed by atoms with Gasteiger partial charge in [-0.3, -0.25) is 0 Å². The third-order valence-electron chi connectivity index (χ3n) is 3.79. The van der Waals surface area contributed by atoms with Crippen molar-refractivity contribution in [3.8, 4) is 0 Å². The van der Waals surface area contributed by atoms with Crippen LogP contribution in [0.5, 0.6) is 0 Å². The summed E-state index contributed by atoms with van der Waals surface area (Å²) in [7, 11) is 0. The summed E-state index contributed by atoms with van der Waals surface area (Å²) >= 11 is 0. The van der Waals surface area contributed by atoms with E-state index in [2.05, 4.69) is 43.0 Å². The summed E-state index contributed by atoms with van der Waals surface area (Å²) in [5.74, 6) is 0.919. The molecule has 0 unspecified atom stereocenters. The molecule has 2 N–H and O–H groups in total. The zero-order chi connectivity index (χ0) is 13.0. The summed E-state index contributed by atoms with van der Waals surface area (Å²) in [6.45, 7) is 6.76. The fourth-order valence-corrected chi connectivity index (χ4v) is 2.50. The second kappa shape index (κ2) is 6.24. The lowest BCUT2D eigenvalue weighted by molar-refractivity contribution is 0.670. The van der Waals surface area contributed by atoms with Gasteiger partial charge in [0.15, 0.2) is 0 Å². The minimum Gasteiger partial charge on any atom is -0.371 e. The summed E-state index contributed by atoms with van der Waals surface area (Å²) in [5.41, 5.74) is 8.92. The summed E-state index contributed by atoms with van der Waals surface area (Å²) < 4.78 is 0. The first kappa shape index (κ1) is 13.4. The Bertz CT molecular complexity index is 371. The topological polar surface area (TPSA) is 29.3 Å². The molecule has 1 aliphatic carbocycles. The van der Waals surface area contributed by atoms with Crippen LogP contribution in [0.4, 0.5) is 5.69 Å². The van der Waals surface area contributed by atoms with Crippen molar-refractivity contribution in [3.63, 3.8) is 0 Å². The van der Waals surface area contributed by atoms with Gasteiger partial charge in [0.2, 0.25) is 0 Å². The first-order chi connectivity index (χ1) is 8.76. The van der Waals surface area contributed by atoms with Crippen LogP contribution < -0.4 is 10.6 Å². The average molecular weight is 246 g/mol. The van der Waals surface area contributed by atoms with Gasteiger partial charge >= 0.3 is 0 Å². The number of nitrogens with zero attached hydrogens (tertiary/aromatic N) is 1. The molecule has 1 aliphatic rings. The Balaban J connectivity index is 2.21. The fourth-order valence-electron chi connectivity index (χ4n) is 2.50. The predicted octanol–water partition coefficient (Wildman–Crippen LogP) is 3.72. The van der Waals surface area contributed by atoms with Crippen molar-refractivity contribution >= 4 is 5.69 Å². The van der Waals surface area contributed by atoms with Crippen LogP contribution in [0.15, 0.2) is 24.3 Å². The fraction of sp³-hybridized carbons (Fsp3) is 0.625. The minimum atomic E-state index is 0.166. The quantitative estimate of drug-likeness (QED) is 0.794. The number of rotatable bonds is 7. The van der Waals surface area contributed by atoms with E-state index < -0.39 is 0 Å². The molecule has 1 atom stereocenters. The van der Waals surface area contributed by atoms with Gasteiger partial charge in [0, 0.05) is 24.8 Å². The molecule has 0 saturated heterocycles. The summed E-state index contributed by atoms with van der Waals surface area (Å²) in [6, 6.07) is 8.84. The van der Waals surface area contributed by atoms with Crippen LogP contribution in [0.25, 0.3) is 0 Å². The number of hydrogen-bond donors (Lipinski definition) is 1. The molecular weight excluding hydrogens is 220 g/mol. The van der Waals surface area contributed by atoms with Gasteiger partial charge in [-0.25, -0.2) is 0 Å². The molecule has 0 spiro atoms. The van der Waals surface area contributed by atoms with Gasteiger partial charge in [-0.05, 0) is 43.2 Å². The van der Waals surface area contributed by atoms with Gasteiger partial charge in [0.1, 0.15) is 0 Å². The lowest BCUT2D eigenvalue weighted by Gasteiger charge is -2.28. The Morgan fingerprint density at radius 1 is 1.28 bits per heavy atom. The molecule has 1 saturated carbocycles. The van der Waals surface area contributed by atoms with Gasteiger partial charge in [0.05, 0.1) is 0 Å². The molecule has 0 aliphatic heterocycles. The van der Waals surface area contributed by atoms with E-state index in [1.807, 2.05) is 0 Å². The maximum atomic E-state index is 6.25. The highest BCUT2D eigenvalue weighted by Crippen LogP contribution is 2.34. The molecule has 0 heterocycles. The van der Waals surface area contributed by atoms with Crippen LogP contribution >= 0.6 is 0 Å². The van der Waals surface area contributed by atoms with Gasteiger partial charge in [0.25, 0.3) is 0 Å². The highest BCUT2D eigenvalue weighted by atomic mass is 15.1. The number of anilines is 1. The molecule has 0 aromatic heterocycles. The molecule has 1 aromatic rings. The van der Waals surface area contributed by atoms with Crippen molar-refractivity contribution in [2.75, 3.05) is 18.0 Å². The Morgan fingerprint density at radius 3 is 2.61 bits per heavy atom. The van der Waals surface area contributed by atoms with E-state index in [0.717, 1.165) is 18.9 Å². The van der Waals surface area contributed by atoms with Crippen LogP contribution in [0.2, 0.25) is 0 Å². The minimum absolute atomic E-state index is 0.166. The smallest absolute Gasteiger partial charge is 0.0414 e. The van der Waals surface area contributed by atoms with Gasteiger partial charge in [-0.1, -0.05) is 32.0 Å². The summed E-state index contributed by atoms with van der Waals surface area (Å²) in [4.78, 5) is 2.54. The highest BCUT2D eigenvalue weighted by Gasteiger charge is 2.25. The van der Waals surface area contributed by atoms with Crippen molar-refractivity contribution in [3.05, 3.63) is 29.8 Å². The first-order valence-electron chi connectivity index (χ1n) is 7.35. The SMILES string of the molecule is CCCN(CC1CC1)c1ccccc1[C@H](N)CC. The van der Waals surface area contributed by atoms with Crippen molar-refractivity contribution in [1.82, 2.24) is 0 Å². The van der Waals surface area contributed by atoms with Crippen molar-refractivity contribution in [2.24, 2.45) is 11.7 Å². The van der Waals surface area contributed by atoms with Crippen LogP contribution in [-0.2, 0) is 0 Å². The van der Waals surface area contributed by atoms with E-state index in [1.165, 1.54) is 37.1 Å². The van der Waals surface area contributed by atoms with Crippen LogP contribution in [-0.4, -0.2) is 13.1 Å². The monoisotopic (exact) mass is 246 g/mol. The molecule has 1 fully saturated rings. The lowest BCUT2D eigenvalue weighted by Crippen LogP contribution is -2.28. The van der Waals surface area contributed by atoms with Crippen molar-refractivity contribution in [1.29, 1.82) is 0 Å². The molecule has 0 bridgehead atoms. The molecule has 1 aromatic carbocycles. The summed E-state index contributed by atoms with van der Waals surface area (Å²) in [6.07, 6.45) is 5.01. The van der Waals surface area contributed by atoms with Crippen molar-refractivity contribution in [2.45, 2.75) is 45.6 Å². The summed E-state index contributed by atoms with van der Waals surface area (Å²) in [5, 5.41) is 0. The lowest BCUT2D eigenvalue weighted by atomic mass is 10.0. The largest absolute Gasteiger partial charge is 0.371 e.